The number of nitrogens with zero attached hydrogens (tertiary/aromatic N) is 1. The van der Waals surface area contributed by atoms with Crippen molar-refractivity contribution in [1.29, 1.82) is 0 Å². The molecule has 1 atom stereocenters. The molecule has 2 heterocycles. The Balaban J connectivity index is 1.67. The summed E-state index contributed by atoms with van der Waals surface area (Å²) in [5, 5.41) is 4.29. The number of para-hydroxylation sites is 1. The number of nitrogens with one attached hydrogen (secondary N) is 1. The highest BCUT2D eigenvalue weighted by Gasteiger charge is 2.28. The first-order valence-corrected chi connectivity index (χ1v) is 8.11. The number of fused-ring (bicyclic) bond motifs is 1. The number of rotatable bonds is 4. The van der Waals surface area contributed by atoms with Crippen LogP contribution >= 0.6 is 0 Å². The lowest BCUT2D eigenvalue weighted by molar-refractivity contribution is -0.134. The molecule has 4 nitrogen and oxygen atoms in total. The molecule has 1 N–H and O–H groups in total. The maximum atomic E-state index is 12.7. The lowest BCUT2D eigenvalue weighted by Crippen LogP contribution is -2.42. The van der Waals surface area contributed by atoms with Crippen LogP contribution < -0.4 is 5.32 Å². The van der Waals surface area contributed by atoms with Crippen LogP contribution in [0, 0.1) is 5.92 Å². The van der Waals surface area contributed by atoms with Gasteiger partial charge < -0.3 is 14.6 Å². The van der Waals surface area contributed by atoms with Gasteiger partial charge in [0.15, 0.2) is 0 Å². The van der Waals surface area contributed by atoms with Crippen molar-refractivity contribution in [3.8, 4) is 0 Å². The number of hydrogen-bond acceptors (Lipinski definition) is 3. The van der Waals surface area contributed by atoms with E-state index in [4.69, 9.17) is 4.42 Å². The van der Waals surface area contributed by atoms with E-state index in [-0.39, 0.29) is 11.8 Å². The summed E-state index contributed by atoms with van der Waals surface area (Å²) in [6.45, 7) is 4.70. The van der Waals surface area contributed by atoms with Crippen molar-refractivity contribution in [1.82, 2.24) is 10.2 Å². The molecule has 118 valence electrons. The average molecular weight is 300 g/mol. The number of likely N-dealkylation sites (tertiary alicyclic amines) is 1. The van der Waals surface area contributed by atoms with E-state index in [0.717, 1.165) is 49.2 Å². The van der Waals surface area contributed by atoms with Crippen LogP contribution in [-0.4, -0.2) is 37.5 Å². The van der Waals surface area contributed by atoms with E-state index in [0.29, 0.717) is 5.92 Å². The van der Waals surface area contributed by atoms with Crippen molar-refractivity contribution in [2.75, 3.05) is 26.7 Å². The van der Waals surface area contributed by atoms with Gasteiger partial charge in [-0.05, 0) is 51.4 Å². The van der Waals surface area contributed by atoms with Crippen LogP contribution in [0.25, 0.3) is 11.0 Å². The summed E-state index contributed by atoms with van der Waals surface area (Å²) in [6.07, 6.45) is 2.17. The van der Waals surface area contributed by atoms with Crippen LogP contribution in [-0.2, 0) is 4.79 Å². The van der Waals surface area contributed by atoms with Gasteiger partial charge in [0.25, 0.3) is 0 Å². The van der Waals surface area contributed by atoms with Crippen LogP contribution in [0.1, 0.15) is 31.4 Å². The topological polar surface area (TPSA) is 45.5 Å². The van der Waals surface area contributed by atoms with E-state index >= 15 is 0 Å². The van der Waals surface area contributed by atoms with Gasteiger partial charge in [-0.15, -0.1) is 0 Å². The molecule has 1 aliphatic heterocycles. The molecule has 1 fully saturated rings. The fourth-order valence-electron chi connectivity index (χ4n) is 3.26. The first-order valence-electron chi connectivity index (χ1n) is 8.11. The Kier molecular flexibility index (Phi) is 4.48. The third-order valence-corrected chi connectivity index (χ3v) is 4.66. The third kappa shape index (κ3) is 3.02. The molecule has 1 unspecified atom stereocenters. The van der Waals surface area contributed by atoms with E-state index in [1.54, 1.807) is 0 Å². The molecule has 0 spiro atoms. The quantitative estimate of drug-likeness (QED) is 0.944. The van der Waals surface area contributed by atoms with Gasteiger partial charge in [-0.2, -0.15) is 0 Å². The van der Waals surface area contributed by atoms with Crippen LogP contribution in [0.4, 0.5) is 0 Å². The average Bonchev–Trinajstić information content (AvgIpc) is 2.98. The van der Waals surface area contributed by atoms with Gasteiger partial charge >= 0.3 is 0 Å². The van der Waals surface area contributed by atoms with Crippen molar-refractivity contribution < 1.29 is 9.21 Å². The van der Waals surface area contributed by atoms with Gasteiger partial charge in [-0.1, -0.05) is 18.2 Å². The molecule has 1 aromatic heterocycles. The molecule has 1 aliphatic rings. The van der Waals surface area contributed by atoms with Gasteiger partial charge in [-0.25, -0.2) is 0 Å². The number of hydrogen-bond donors (Lipinski definition) is 1. The second-order valence-electron chi connectivity index (χ2n) is 6.23. The molecule has 0 bridgehead atoms. The molecule has 1 saturated heterocycles. The lowest BCUT2D eigenvalue weighted by atomic mass is 9.95. The molecule has 0 radical (unpaired) electrons. The van der Waals surface area contributed by atoms with E-state index in [1.165, 1.54) is 0 Å². The van der Waals surface area contributed by atoms with Crippen molar-refractivity contribution in [2.45, 2.75) is 25.7 Å². The summed E-state index contributed by atoms with van der Waals surface area (Å²) in [5.74, 6) is 1.43. The fourth-order valence-corrected chi connectivity index (χ4v) is 3.26. The summed E-state index contributed by atoms with van der Waals surface area (Å²) >= 11 is 0. The van der Waals surface area contributed by atoms with E-state index in [1.807, 2.05) is 49.2 Å². The Morgan fingerprint density at radius 3 is 2.77 bits per heavy atom. The van der Waals surface area contributed by atoms with Crippen molar-refractivity contribution in [3.63, 3.8) is 0 Å². The SMILES string of the molecule is CNCC1CCN(C(=O)C(C)c2cc3ccccc3o2)CC1. The zero-order chi connectivity index (χ0) is 15.5. The molecular formula is C18H24N2O2. The van der Waals surface area contributed by atoms with E-state index in [9.17, 15) is 4.79 Å². The first-order chi connectivity index (χ1) is 10.7. The Hall–Kier alpha value is -1.81. The molecule has 3 rings (SSSR count). The third-order valence-electron chi connectivity index (χ3n) is 4.66. The van der Waals surface area contributed by atoms with Crippen molar-refractivity contribution in [2.24, 2.45) is 5.92 Å². The minimum Gasteiger partial charge on any atom is -0.460 e. The zero-order valence-electron chi connectivity index (χ0n) is 13.3. The van der Waals surface area contributed by atoms with Crippen LogP contribution in [0.15, 0.2) is 34.7 Å². The van der Waals surface area contributed by atoms with Gasteiger partial charge in [0, 0.05) is 18.5 Å². The molecule has 2 aromatic rings. The maximum Gasteiger partial charge on any atom is 0.233 e. The Morgan fingerprint density at radius 2 is 2.09 bits per heavy atom. The number of piperidine rings is 1. The van der Waals surface area contributed by atoms with E-state index in [2.05, 4.69) is 5.32 Å². The Labute approximate surface area is 131 Å². The van der Waals surface area contributed by atoms with Gasteiger partial charge in [0.05, 0.1) is 5.92 Å². The second-order valence-corrected chi connectivity index (χ2v) is 6.23. The largest absolute Gasteiger partial charge is 0.460 e. The van der Waals surface area contributed by atoms with Gasteiger partial charge in [-0.3, -0.25) is 4.79 Å². The molecule has 22 heavy (non-hydrogen) atoms. The standard InChI is InChI=1S/C18H24N2O2/c1-13(17-11-15-5-3-4-6-16(15)22-17)18(21)20-9-7-14(8-10-20)12-19-2/h3-6,11,13-14,19H,7-10,12H2,1-2H3. The Morgan fingerprint density at radius 1 is 1.36 bits per heavy atom. The first kappa shape index (κ1) is 15.1. The summed E-state index contributed by atoms with van der Waals surface area (Å²) < 4.78 is 5.84. The predicted molar refractivity (Wildman–Crippen MR) is 87.9 cm³/mol. The lowest BCUT2D eigenvalue weighted by Gasteiger charge is -2.33. The minimum absolute atomic E-state index is 0.182. The second kappa shape index (κ2) is 6.53. The number of carbonyl (C=O) groups excluding carboxylic acids is 1. The molecular weight excluding hydrogens is 276 g/mol. The molecule has 1 amide bonds. The van der Waals surface area contributed by atoms with Crippen LogP contribution in [0.2, 0.25) is 0 Å². The highest BCUT2D eigenvalue weighted by Crippen LogP contribution is 2.27. The van der Waals surface area contributed by atoms with Crippen LogP contribution in [0.3, 0.4) is 0 Å². The molecule has 4 heteroatoms. The van der Waals surface area contributed by atoms with Gasteiger partial charge in [0.2, 0.25) is 5.91 Å². The summed E-state index contributed by atoms with van der Waals surface area (Å²) in [4.78, 5) is 14.7. The number of carbonyl (C=O) groups is 1. The number of amides is 1. The number of benzene rings is 1. The van der Waals surface area contributed by atoms with Crippen molar-refractivity contribution in [3.05, 3.63) is 36.1 Å². The molecule has 0 aliphatic carbocycles. The number of furan rings is 1. The normalized spacial score (nSPS) is 17.8. The highest BCUT2D eigenvalue weighted by molar-refractivity contribution is 5.85. The van der Waals surface area contributed by atoms with E-state index < -0.39 is 0 Å². The smallest absolute Gasteiger partial charge is 0.233 e. The summed E-state index contributed by atoms with van der Waals surface area (Å²) in [7, 11) is 1.99. The molecule has 0 saturated carbocycles. The zero-order valence-corrected chi connectivity index (χ0v) is 13.3. The predicted octanol–water partition coefficient (Wildman–Crippen LogP) is 2.99. The van der Waals surface area contributed by atoms with Crippen LogP contribution in [0.5, 0.6) is 0 Å². The maximum absolute atomic E-state index is 12.7. The summed E-state index contributed by atoms with van der Waals surface area (Å²) in [5.41, 5.74) is 0.852. The highest BCUT2D eigenvalue weighted by atomic mass is 16.3. The van der Waals surface area contributed by atoms with Crippen molar-refractivity contribution >= 4 is 16.9 Å². The summed E-state index contributed by atoms with van der Waals surface area (Å²) in [6, 6.07) is 9.89. The van der Waals surface area contributed by atoms with Gasteiger partial charge in [0.1, 0.15) is 11.3 Å². The fraction of sp³-hybridized carbons (Fsp3) is 0.500. The minimum atomic E-state index is -0.215. The molecule has 1 aromatic carbocycles. The monoisotopic (exact) mass is 300 g/mol. The Bertz CT molecular complexity index is 608.